The molecule has 0 aliphatic heterocycles. The standard InChI is InChI=1S/C60H40N2S/c1-3-20-41(21-4-1)45-26-7-8-27-47(45)48-28-9-10-29-49(48)50-30-11-14-35-54(50)62(44-25-17-22-42(40-44)46-33-18-34-52-51-31-13-16-39-58(51)63-60(46)52)57-38-19-37-56-59(57)53-32-12-15-36-55(53)61(56)43-23-5-2-6-24-43/h1-40H. The smallest absolute Gasteiger partial charge is 0.0562 e. The van der Waals surface area contributed by atoms with Crippen LogP contribution in [0.3, 0.4) is 0 Å². The Balaban J connectivity index is 1.13. The van der Waals surface area contributed by atoms with Gasteiger partial charge in [-0.3, -0.25) is 0 Å². The number of rotatable bonds is 8. The fraction of sp³-hybridized carbons (Fsp3) is 0. The summed E-state index contributed by atoms with van der Waals surface area (Å²) in [5, 5.41) is 5.01. The number of hydrogen-bond acceptors (Lipinski definition) is 2. The highest BCUT2D eigenvalue weighted by molar-refractivity contribution is 7.26. The first kappa shape index (κ1) is 36.8. The Kier molecular flexibility index (Phi) is 9.06. The third-order valence-electron chi connectivity index (χ3n) is 12.4. The third kappa shape index (κ3) is 6.24. The maximum Gasteiger partial charge on any atom is 0.0562 e. The van der Waals surface area contributed by atoms with Crippen molar-refractivity contribution in [1.82, 2.24) is 4.57 Å². The van der Waals surface area contributed by atoms with Gasteiger partial charge in [-0.25, -0.2) is 0 Å². The summed E-state index contributed by atoms with van der Waals surface area (Å²) in [6.07, 6.45) is 0. The number of anilines is 3. The third-order valence-corrected chi connectivity index (χ3v) is 13.6. The summed E-state index contributed by atoms with van der Waals surface area (Å²) in [5.74, 6) is 0. The van der Waals surface area contributed by atoms with Crippen LogP contribution in [0.5, 0.6) is 0 Å². The molecule has 0 fully saturated rings. The van der Waals surface area contributed by atoms with Crippen molar-refractivity contribution in [3.05, 3.63) is 243 Å². The molecule has 0 amide bonds. The van der Waals surface area contributed by atoms with E-state index in [9.17, 15) is 0 Å². The van der Waals surface area contributed by atoms with E-state index in [0.29, 0.717) is 0 Å². The Morgan fingerprint density at radius 1 is 0.333 bits per heavy atom. The van der Waals surface area contributed by atoms with Crippen molar-refractivity contribution in [3.63, 3.8) is 0 Å². The zero-order valence-corrected chi connectivity index (χ0v) is 35.2. The summed E-state index contributed by atoms with van der Waals surface area (Å²) in [7, 11) is 0. The van der Waals surface area contributed by atoms with E-state index >= 15 is 0 Å². The molecule has 3 heteroatoms. The Hall–Kier alpha value is -7.98. The van der Waals surface area contributed by atoms with Crippen LogP contribution < -0.4 is 4.90 Å². The van der Waals surface area contributed by atoms with Gasteiger partial charge in [-0.1, -0.05) is 188 Å². The van der Waals surface area contributed by atoms with Crippen LogP contribution in [-0.2, 0) is 0 Å². The highest BCUT2D eigenvalue weighted by Gasteiger charge is 2.25. The lowest BCUT2D eigenvalue weighted by molar-refractivity contribution is 1.18. The summed E-state index contributed by atoms with van der Waals surface area (Å²) in [6.45, 7) is 0. The number of hydrogen-bond donors (Lipinski definition) is 0. The lowest BCUT2D eigenvalue weighted by Gasteiger charge is -2.30. The van der Waals surface area contributed by atoms with Crippen LogP contribution in [0.2, 0.25) is 0 Å². The number of aromatic nitrogens is 1. The molecule has 2 aromatic heterocycles. The molecule has 0 N–H and O–H groups in total. The summed E-state index contributed by atoms with van der Waals surface area (Å²) in [4.78, 5) is 2.51. The van der Waals surface area contributed by atoms with E-state index in [0.717, 1.165) is 33.8 Å². The minimum absolute atomic E-state index is 1.09. The second-order valence-electron chi connectivity index (χ2n) is 16.0. The molecule has 0 radical (unpaired) electrons. The zero-order chi connectivity index (χ0) is 41.7. The van der Waals surface area contributed by atoms with E-state index < -0.39 is 0 Å². The van der Waals surface area contributed by atoms with E-state index in [-0.39, 0.29) is 0 Å². The van der Waals surface area contributed by atoms with Crippen LogP contribution in [0.25, 0.3) is 92.2 Å². The fourth-order valence-electron chi connectivity index (χ4n) is 9.67. The van der Waals surface area contributed by atoms with Gasteiger partial charge in [0.15, 0.2) is 0 Å². The summed E-state index contributed by atoms with van der Waals surface area (Å²) < 4.78 is 5.02. The van der Waals surface area contributed by atoms with Crippen LogP contribution in [0.4, 0.5) is 17.1 Å². The Bertz CT molecular complexity index is 3640. The molecular formula is C60H40N2S. The van der Waals surface area contributed by atoms with E-state index in [1.165, 1.54) is 75.4 Å². The summed E-state index contributed by atoms with van der Waals surface area (Å²) in [6, 6.07) is 88.4. The second kappa shape index (κ2) is 15.5. The van der Waals surface area contributed by atoms with Crippen molar-refractivity contribution in [2.24, 2.45) is 0 Å². The molecule has 2 heterocycles. The minimum atomic E-state index is 1.09. The molecule has 12 aromatic rings. The lowest BCUT2D eigenvalue weighted by Crippen LogP contribution is -2.12. The van der Waals surface area contributed by atoms with Gasteiger partial charge in [0.2, 0.25) is 0 Å². The maximum absolute atomic E-state index is 2.51. The van der Waals surface area contributed by atoms with Crippen molar-refractivity contribution >= 4 is 70.4 Å². The lowest BCUT2D eigenvalue weighted by atomic mass is 9.88. The molecule has 0 saturated carbocycles. The average Bonchev–Trinajstić information content (AvgIpc) is 3.92. The topological polar surface area (TPSA) is 8.17 Å². The molecule has 2 nitrogen and oxygen atoms in total. The van der Waals surface area contributed by atoms with Gasteiger partial charge in [0, 0.05) is 47.9 Å². The van der Waals surface area contributed by atoms with Crippen LogP contribution in [-0.4, -0.2) is 4.57 Å². The van der Waals surface area contributed by atoms with Crippen molar-refractivity contribution in [1.29, 1.82) is 0 Å². The molecule has 0 bridgehead atoms. The van der Waals surface area contributed by atoms with Crippen molar-refractivity contribution in [3.8, 4) is 50.2 Å². The van der Waals surface area contributed by atoms with E-state index in [2.05, 4.69) is 252 Å². The molecule has 296 valence electrons. The summed E-state index contributed by atoms with van der Waals surface area (Å²) in [5.41, 5.74) is 16.3. The molecule has 12 rings (SSSR count). The Morgan fingerprint density at radius 3 is 1.67 bits per heavy atom. The molecular weight excluding hydrogens is 781 g/mol. The predicted molar refractivity (Wildman–Crippen MR) is 270 cm³/mol. The molecule has 63 heavy (non-hydrogen) atoms. The van der Waals surface area contributed by atoms with Crippen LogP contribution in [0.15, 0.2) is 243 Å². The van der Waals surface area contributed by atoms with Crippen LogP contribution in [0, 0.1) is 0 Å². The van der Waals surface area contributed by atoms with Gasteiger partial charge in [0.05, 0.1) is 22.4 Å². The zero-order valence-electron chi connectivity index (χ0n) is 34.4. The first-order valence-electron chi connectivity index (χ1n) is 21.5. The molecule has 0 atom stereocenters. The monoisotopic (exact) mass is 820 g/mol. The molecule has 10 aromatic carbocycles. The van der Waals surface area contributed by atoms with Crippen LogP contribution >= 0.6 is 11.3 Å². The first-order valence-corrected chi connectivity index (χ1v) is 22.3. The van der Waals surface area contributed by atoms with Gasteiger partial charge in [-0.2, -0.15) is 0 Å². The predicted octanol–water partition coefficient (Wildman–Crippen LogP) is 17.3. The number of nitrogens with zero attached hydrogens (tertiary/aromatic N) is 2. The fourth-order valence-corrected chi connectivity index (χ4v) is 10.9. The van der Waals surface area contributed by atoms with Crippen molar-refractivity contribution < 1.29 is 0 Å². The van der Waals surface area contributed by atoms with E-state index in [1.807, 2.05) is 11.3 Å². The highest BCUT2D eigenvalue weighted by atomic mass is 32.1. The minimum Gasteiger partial charge on any atom is -0.309 e. The number of benzene rings is 10. The normalized spacial score (nSPS) is 11.5. The van der Waals surface area contributed by atoms with Crippen molar-refractivity contribution in [2.75, 3.05) is 4.90 Å². The van der Waals surface area contributed by atoms with Gasteiger partial charge in [0.25, 0.3) is 0 Å². The Labute approximate surface area is 370 Å². The van der Waals surface area contributed by atoms with E-state index in [4.69, 9.17) is 0 Å². The summed E-state index contributed by atoms with van der Waals surface area (Å²) >= 11 is 1.88. The van der Waals surface area contributed by atoms with Gasteiger partial charge in [-0.15, -0.1) is 11.3 Å². The van der Waals surface area contributed by atoms with Crippen LogP contribution in [0.1, 0.15) is 0 Å². The average molecular weight is 821 g/mol. The van der Waals surface area contributed by atoms with Gasteiger partial charge >= 0.3 is 0 Å². The van der Waals surface area contributed by atoms with E-state index in [1.54, 1.807) is 0 Å². The Morgan fingerprint density at radius 2 is 0.857 bits per heavy atom. The first-order chi connectivity index (χ1) is 31.3. The molecule has 0 unspecified atom stereocenters. The second-order valence-corrected chi connectivity index (χ2v) is 17.1. The van der Waals surface area contributed by atoms with Gasteiger partial charge in [0.1, 0.15) is 0 Å². The molecule has 0 saturated heterocycles. The van der Waals surface area contributed by atoms with Crippen molar-refractivity contribution in [2.45, 2.75) is 0 Å². The van der Waals surface area contributed by atoms with Gasteiger partial charge in [-0.05, 0) is 93.5 Å². The SMILES string of the molecule is c1ccc(-c2ccccc2-c2ccccc2-c2ccccc2N(c2cccc(-c3cccc4c3sc3ccccc34)c2)c2cccc3c2c2ccccc2n3-c2ccccc2)cc1. The molecule has 0 aliphatic carbocycles. The maximum atomic E-state index is 2.51. The largest absolute Gasteiger partial charge is 0.309 e. The number of thiophene rings is 1. The molecule has 0 aliphatic rings. The van der Waals surface area contributed by atoms with Gasteiger partial charge < -0.3 is 9.47 Å². The number of fused-ring (bicyclic) bond motifs is 6. The quantitative estimate of drug-likeness (QED) is 0.148. The highest BCUT2D eigenvalue weighted by Crippen LogP contribution is 2.49. The number of para-hydroxylation sites is 3. The molecule has 0 spiro atoms.